The summed E-state index contributed by atoms with van der Waals surface area (Å²) < 4.78 is 7.31. The third-order valence-electron chi connectivity index (χ3n) is 3.46. The molecule has 1 aliphatic rings. The highest BCUT2D eigenvalue weighted by Gasteiger charge is 2.16. The van der Waals surface area contributed by atoms with Crippen LogP contribution in [0.3, 0.4) is 0 Å². The minimum Gasteiger partial charge on any atom is -0.409 e. The van der Waals surface area contributed by atoms with Crippen molar-refractivity contribution < 1.29 is 4.42 Å². The summed E-state index contributed by atoms with van der Waals surface area (Å²) in [4.78, 5) is 9.05. The van der Waals surface area contributed by atoms with E-state index in [4.69, 9.17) is 16.6 Å². The summed E-state index contributed by atoms with van der Waals surface area (Å²) >= 11 is 5.25. The van der Waals surface area contributed by atoms with E-state index in [2.05, 4.69) is 26.9 Å². The molecule has 1 fully saturated rings. The highest BCUT2D eigenvalue weighted by molar-refractivity contribution is 7.71. The zero-order valence-electron chi connectivity index (χ0n) is 11.4. The van der Waals surface area contributed by atoms with Gasteiger partial charge in [-0.15, -0.1) is 5.10 Å². The third-order valence-corrected chi connectivity index (χ3v) is 3.76. The van der Waals surface area contributed by atoms with E-state index >= 15 is 0 Å². The molecule has 0 unspecified atom stereocenters. The standard InChI is InChI=1S/C13H17N5OS/c1-16-6-8-17(9-7-16)10-18-13(20)19-12(15-18)11-2-4-14-5-3-11/h2-5H,6-10H2,1H3. The van der Waals surface area contributed by atoms with E-state index < -0.39 is 0 Å². The third kappa shape index (κ3) is 2.95. The summed E-state index contributed by atoms with van der Waals surface area (Å²) in [6.07, 6.45) is 3.43. The van der Waals surface area contributed by atoms with Gasteiger partial charge in [0, 0.05) is 44.1 Å². The largest absolute Gasteiger partial charge is 0.409 e. The van der Waals surface area contributed by atoms with E-state index in [-0.39, 0.29) is 0 Å². The van der Waals surface area contributed by atoms with E-state index in [1.807, 2.05) is 12.1 Å². The van der Waals surface area contributed by atoms with Crippen LogP contribution in [0.15, 0.2) is 28.9 Å². The quantitative estimate of drug-likeness (QED) is 0.798. The van der Waals surface area contributed by atoms with Crippen LogP contribution in [0.5, 0.6) is 0 Å². The molecule has 6 nitrogen and oxygen atoms in total. The van der Waals surface area contributed by atoms with Crippen molar-refractivity contribution in [1.82, 2.24) is 24.6 Å². The minimum atomic E-state index is 0.413. The SMILES string of the molecule is CN1CCN(Cn2nc(-c3ccncc3)oc2=S)CC1. The van der Waals surface area contributed by atoms with Crippen molar-refractivity contribution >= 4 is 12.2 Å². The molecule has 1 aliphatic heterocycles. The highest BCUT2D eigenvalue weighted by atomic mass is 32.1. The lowest BCUT2D eigenvalue weighted by Gasteiger charge is -2.31. The fraction of sp³-hybridized carbons (Fsp3) is 0.462. The van der Waals surface area contributed by atoms with Crippen LogP contribution in [0.25, 0.3) is 11.5 Å². The van der Waals surface area contributed by atoms with Gasteiger partial charge in [0.2, 0.25) is 5.89 Å². The van der Waals surface area contributed by atoms with Gasteiger partial charge in [0.1, 0.15) is 0 Å². The Hall–Kier alpha value is -1.57. The van der Waals surface area contributed by atoms with Crippen molar-refractivity contribution in [2.75, 3.05) is 33.2 Å². The smallest absolute Gasteiger partial charge is 0.288 e. The number of likely N-dealkylation sites (N-methyl/N-ethyl adjacent to an activating group) is 1. The second kappa shape index (κ2) is 5.82. The molecule has 106 valence electrons. The molecular formula is C13H17N5OS. The molecule has 7 heteroatoms. The van der Waals surface area contributed by atoms with Gasteiger partial charge in [-0.3, -0.25) is 9.88 Å². The second-order valence-corrected chi connectivity index (χ2v) is 5.32. The van der Waals surface area contributed by atoms with Gasteiger partial charge in [0.15, 0.2) is 0 Å². The van der Waals surface area contributed by atoms with Crippen molar-refractivity contribution in [3.63, 3.8) is 0 Å². The fourth-order valence-corrected chi connectivity index (χ4v) is 2.36. The lowest BCUT2D eigenvalue weighted by Crippen LogP contribution is -2.45. The predicted molar refractivity (Wildman–Crippen MR) is 77.6 cm³/mol. The monoisotopic (exact) mass is 291 g/mol. The number of rotatable bonds is 3. The predicted octanol–water partition coefficient (Wildman–Crippen LogP) is 1.47. The first-order valence-corrected chi connectivity index (χ1v) is 7.02. The van der Waals surface area contributed by atoms with E-state index in [0.717, 1.165) is 31.7 Å². The Morgan fingerprint density at radius 3 is 2.60 bits per heavy atom. The Morgan fingerprint density at radius 1 is 1.20 bits per heavy atom. The molecule has 3 rings (SSSR count). The summed E-state index contributed by atoms with van der Waals surface area (Å²) in [5.74, 6) is 0.548. The Labute approximate surface area is 122 Å². The van der Waals surface area contributed by atoms with E-state index in [9.17, 15) is 0 Å². The van der Waals surface area contributed by atoms with Gasteiger partial charge in [-0.2, -0.15) is 0 Å². The second-order valence-electron chi connectivity index (χ2n) is 4.97. The molecular weight excluding hydrogens is 274 g/mol. The van der Waals surface area contributed by atoms with Crippen LogP contribution >= 0.6 is 12.2 Å². The topological polar surface area (TPSA) is 50.3 Å². The molecule has 0 atom stereocenters. The Balaban J connectivity index is 1.75. The van der Waals surface area contributed by atoms with Gasteiger partial charge in [0.05, 0.1) is 6.67 Å². The number of hydrogen-bond donors (Lipinski definition) is 0. The van der Waals surface area contributed by atoms with Crippen molar-refractivity contribution in [3.8, 4) is 11.5 Å². The van der Waals surface area contributed by atoms with Crippen LogP contribution < -0.4 is 0 Å². The molecule has 0 spiro atoms. The summed E-state index contributed by atoms with van der Waals surface area (Å²) in [5, 5.41) is 4.46. The van der Waals surface area contributed by atoms with Gasteiger partial charge in [-0.05, 0) is 31.4 Å². The minimum absolute atomic E-state index is 0.413. The van der Waals surface area contributed by atoms with Crippen LogP contribution in [-0.4, -0.2) is 57.8 Å². The molecule has 0 aromatic carbocycles. The van der Waals surface area contributed by atoms with Gasteiger partial charge >= 0.3 is 0 Å². The molecule has 0 amide bonds. The molecule has 0 N–H and O–H groups in total. The van der Waals surface area contributed by atoms with E-state index in [1.54, 1.807) is 17.1 Å². The van der Waals surface area contributed by atoms with Crippen molar-refractivity contribution in [2.45, 2.75) is 6.67 Å². The molecule has 0 radical (unpaired) electrons. The average molecular weight is 291 g/mol. The van der Waals surface area contributed by atoms with Gasteiger partial charge in [0.25, 0.3) is 4.84 Å². The average Bonchev–Trinajstić information content (AvgIpc) is 2.84. The van der Waals surface area contributed by atoms with Gasteiger partial charge in [-0.1, -0.05) is 0 Å². The molecule has 0 aliphatic carbocycles. The number of nitrogens with zero attached hydrogens (tertiary/aromatic N) is 5. The van der Waals surface area contributed by atoms with Crippen LogP contribution in [0.1, 0.15) is 0 Å². The first-order chi connectivity index (χ1) is 9.72. The summed E-state index contributed by atoms with van der Waals surface area (Å²) in [7, 11) is 2.14. The van der Waals surface area contributed by atoms with Gasteiger partial charge < -0.3 is 9.32 Å². The van der Waals surface area contributed by atoms with E-state index in [0.29, 0.717) is 17.4 Å². The number of piperazine rings is 1. The summed E-state index contributed by atoms with van der Waals surface area (Å²) in [6, 6.07) is 3.72. The Bertz CT molecular complexity index is 615. The maximum atomic E-state index is 5.57. The first-order valence-electron chi connectivity index (χ1n) is 6.61. The summed E-state index contributed by atoms with van der Waals surface area (Å²) in [6.45, 7) is 4.87. The van der Waals surface area contributed by atoms with Crippen LogP contribution in [-0.2, 0) is 6.67 Å². The normalized spacial score (nSPS) is 17.4. The van der Waals surface area contributed by atoms with Crippen LogP contribution in [0.2, 0.25) is 0 Å². The van der Waals surface area contributed by atoms with Crippen LogP contribution in [0.4, 0.5) is 0 Å². The molecule has 1 saturated heterocycles. The lowest BCUT2D eigenvalue weighted by molar-refractivity contribution is 0.118. The maximum Gasteiger partial charge on any atom is 0.288 e. The maximum absolute atomic E-state index is 5.57. The molecule has 2 aromatic heterocycles. The molecule has 0 bridgehead atoms. The van der Waals surface area contributed by atoms with Crippen molar-refractivity contribution in [2.24, 2.45) is 0 Å². The fourth-order valence-electron chi connectivity index (χ4n) is 2.19. The lowest BCUT2D eigenvalue weighted by atomic mass is 10.3. The zero-order valence-corrected chi connectivity index (χ0v) is 12.2. The molecule has 0 saturated carbocycles. The highest BCUT2D eigenvalue weighted by Crippen LogP contribution is 2.16. The van der Waals surface area contributed by atoms with Crippen LogP contribution in [0, 0.1) is 4.84 Å². The zero-order chi connectivity index (χ0) is 13.9. The molecule has 2 aromatic rings. The van der Waals surface area contributed by atoms with Crippen molar-refractivity contribution in [1.29, 1.82) is 0 Å². The number of pyridine rings is 1. The summed E-state index contributed by atoms with van der Waals surface area (Å²) in [5.41, 5.74) is 0.892. The first kappa shape index (κ1) is 13.4. The Kier molecular flexibility index (Phi) is 3.90. The number of aromatic nitrogens is 3. The molecule has 3 heterocycles. The van der Waals surface area contributed by atoms with E-state index in [1.165, 1.54) is 0 Å². The number of hydrogen-bond acceptors (Lipinski definition) is 6. The van der Waals surface area contributed by atoms with Crippen molar-refractivity contribution in [3.05, 3.63) is 29.4 Å². The van der Waals surface area contributed by atoms with Gasteiger partial charge in [-0.25, -0.2) is 4.68 Å². The Morgan fingerprint density at radius 2 is 1.90 bits per heavy atom. The molecule has 20 heavy (non-hydrogen) atoms.